The molecule has 6 nitrogen and oxygen atoms in total. The highest BCUT2D eigenvalue weighted by Gasteiger charge is 2.03. The van der Waals surface area contributed by atoms with Crippen LogP contribution in [-0.4, -0.2) is 46.1 Å². The average molecular weight is 283 g/mol. The van der Waals surface area contributed by atoms with Crippen molar-refractivity contribution in [1.82, 2.24) is 0 Å². The van der Waals surface area contributed by atoms with Crippen LogP contribution in [0.3, 0.4) is 0 Å². The Kier molecular flexibility index (Phi) is 8.17. The number of methoxy groups -OCH3 is 1. The molecule has 0 spiro atoms. The van der Waals surface area contributed by atoms with Gasteiger partial charge in [0.1, 0.15) is 12.4 Å². The number of anilines is 1. The van der Waals surface area contributed by atoms with Gasteiger partial charge in [0, 0.05) is 12.8 Å². The molecule has 0 amide bonds. The number of benzene rings is 1. The zero-order valence-electron chi connectivity index (χ0n) is 11.7. The number of rotatable bonds is 10. The van der Waals surface area contributed by atoms with Crippen LogP contribution in [0, 0.1) is 0 Å². The van der Waals surface area contributed by atoms with E-state index in [-0.39, 0.29) is 25.6 Å². The molecule has 0 aliphatic heterocycles. The summed E-state index contributed by atoms with van der Waals surface area (Å²) in [6.07, 6.45) is 0.197. The highest BCUT2D eigenvalue weighted by Crippen LogP contribution is 2.13. The van der Waals surface area contributed by atoms with Crippen LogP contribution in [0.1, 0.15) is 6.42 Å². The van der Waals surface area contributed by atoms with Crippen LogP contribution < -0.4 is 10.5 Å². The van der Waals surface area contributed by atoms with Gasteiger partial charge in [-0.05, 0) is 24.3 Å². The van der Waals surface area contributed by atoms with Crippen molar-refractivity contribution >= 4 is 11.7 Å². The molecule has 0 bridgehead atoms. The van der Waals surface area contributed by atoms with Gasteiger partial charge in [0.05, 0.1) is 32.8 Å². The first-order valence-electron chi connectivity index (χ1n) is 6.43. The highest BCUT2D eigenvalue weighted by molar-refractivity contribution is 5.69. The number of nitrogens with two attached hydrogens (primary N) is 1. The molecule has 112 valence electrons. The van der Waals surface area contributed by atoms with Crippen molar-refractivity contribution in [3.8, 4) is 5.75 Å². The summed E-state index contributed by atoms with van der Waals surface area (Å²) in [5.41, 5.74) is 6.22. The Balaban J connectivity index is 2.01. The average Bonchev–Trinajstić information content (AvgIpc) is 2.45. The molecule has 6 heteroatoms. The van der Waals surface area contributed by atoms with Gasteiger partial charge in [-0.15, -0.1) is 0 Å². The van der Waals surface area contributed by atoms with E-state index in [9.17, 15) is 4.79 Å². The van der Waals surface area contributed by atoms with Crippen molar-refractivity contribution in [3.63, 3.8) is 0 Å². The van der Waals surface area contributed by atoms with Crippen LogP contribution in [0.5, 0.6) is 5.75 Å². The minimum Gasteiger partial charge on any atom is -0.493 e. The number of esters is 1. The molecule has 0 heterocycles. The van der Waals surface area contributed by atoms with Crippen molar-refractivity contribution < 1.29 is 23.7 Å². The van der Waals surface area contributed by atoms with Gasteiger partial charge in [0.25, 0.3) is 0 Å². The third-order valence-corrected chi connectivity index (χ3v) is 2.38. The number of hydrogen-bond donors (Lipinski definition) is 1. The fourth-order valence-electron chi connectivity index (χ4n) is 1.35. The normalized spacial score (nSPS) is 10.2. The van der Waals surface area contributed by atoms with E-state index in [1.165, 1.54) is 0 Å². The monoisotopic (exact) mass is 283 g/mol. The lowest BCUT2D eigenvalue weighted by Gasteiger charge is -2.07. The fourth-order valence-corrected chi connectivity index (χ4v) is 1.35. The summed E-state index contributed by atoms with van der Waals surface area (Å²) in [5, 5.41) is 0. The van der Waals surface area contributed by atoms with Crippen molar-refractivity contribution in [2.45, 2.75) is 6.42 Å². The van der Waals surface area contributed by atoms with Crippen LogP contribution in [-0.2, 0) is 19.0 Å². The lowest BCUT2D eigenvalue weighted by atomic mass is 10.3. The summed E-state index contributed by atoms with van der Waals surface area (Å²) in [7, 11) is 1.60. The number of hydrogen-bond acceptors (Lipinski definition) is 6. The number of ether oxygens (including phenoxy) is 4. The van der Waals surface area contributed by atoms with E-state index in [0.717, 1.165) is 0 Å². The Morgan fingerprint density at radius 3 is 2.45 bits per heavy atom. The maximum absolute atomic E-state index is 11.4. The minimum absolute atomic E-state index is 0.197. The number of carbonyl (C=O) groups is 1. The summed E-state index contributed by atoms with van der Waals surface area (Å²) < 4.78 is 20.3. The predicted molar refractivity (Wildman–Crippen MR) is 74.6 cm³/mol. The molecule has 0 aliphatic rings. The molecular weight excluding hydrogens is 262 g/mol. The third-order valence-electron chi connectivity index (χ3n) is 2.38. The van der Waals surface area contributed by atoms with Gasteiger partial charge in [0.2, 0.25) is 0 Å². The van der Waals surface area contributed by atoms with Crippen LogP contribution in [0.15, 0.2) is 24.3 Å². The number of nitrogen functional groups attached to an aromatic ring is 1. The van der Waals surface area contributed by atoms with Crippen molar-refractivity contribution in [3.05, 3.63) is 24.3 Å². The second kappa shape index (κ2) is 10.1. The zero-order chi connectivity index (χ0) is 14.6. The van der Waals surface area contributed by atoms with E-state index < -0.39 is 0 Å². The molecule has 2 N–H and O–H groups in total. The molecule has 0 radical (unpaired) electrons. The molecule has 1 aromatic carbocycles. The predicted octanol–water partition coefficient (Wildman–Crippen LogP) is 1.24. The Hall–Kier alpha value is -1.79. The summed E-state index contributed by atoms with van der Waals surface area (Å²) in [6, 6.07) is 6.99. The topological polar surface area (TPSA) is 80.0 Å². The van der Waals surface area contributed by atoms with Crippen LogP contribution in [0.25, 0.3) is 0 Å². The van der Waals surface area contributed by atoms with Crippen LogP contribution in [0.4, 0.5) is 5.69 Å². The molecule has 0 fully saturated rings. The van der Waals surface area contributed by atoms with Gasteiger partial charge in [-0.2, -0.15) is 0 Å². The third kappa shape index (κ3) is 7.60. The lowest BCUT2D eigenvalue weighted by Crippen LogP contribution is -2.14. The smallest absolute Gasteiger partial charge is 0.309 e. The largest absolute Gasteiger partial charge is 0.493 e. The maximum Gasteiger partial charge on any atom is 0.309 e. The second-order valence-corrected chi connectivity index (χ2v) is 3.99. The second-order valence-electron chi connectivity index (χ2n) is 3.99. The molecule has 0 aliphatic carbocycles. The molecular formula is C14H21NO5. The molecule has 20 heavy (non-hydrogen) atoms. The zero-order valence-corrected chi connectivity index (χ0v) is 11.7. The fraction of sp³-hybridized carbons (Fsp3) is 0.500. The van der Waals surface area contributed by atoms with Gasteiger partial charge in [-0.1, -0.05) is 0 Å². The van der Waals surface area contributed by atoms with Gasteiger partial charge in [-0.3, -0.25) is 4.79 Å². The van der Waals surface area contributed by atoms with Crippen LogP contribution in [0.2, 0.25) is 0 Å². The van der Waals surface area contributed by atoms with E-state index in [1.807, 2.05) is 0 Å². The van der Waals surface area contributed by atoms with E-state index in [0.29, 0.717) is 31.3 Å². The van der Waals surface area contributed by atoms with Crippen molar-refractivity contribution in [2.24, 2.45) is 0 Å². The molecule has 0 saturated heterocycles. The quantitative estimate of drug-likeness (QED) is 0.395. The Morgan fingerprint density at radius 1 is 1.05 bits per heavy atom. The molecule has 0 saturated carbocycles. The maximum atomic E-state index is 11.4. The van der Waals surface area contributed by atoms with Gasteiger partial charge in [-0.25, -0.2) is 0 Å². The Bertz CT molecular complexity index is 380. The van der Waals surface area contributed by atoms with Gasteiger partial charge < -0.3 is 24.7 Å². The van der Waals surface area contributed by atoms with Crippen molar-refractivity contribution in [1.29, 1.82) is 0 Å². The standard InChI is InChI=1S/C14H21NO5/c1-17-8-9-18-10-11-20-14(16)6-7-19-13-4-2-12(15)3-5-13/h2-5H,6-11,15H2,1H3. The summed E-state index contributed by atoms with van der Waals surface area (Å²) in [5.74, 6) is 0.366. The molecule has 1 aromatic rings. The van der Waals surface area contributed by atoms with E-state index in [2.05, 4.69) is 0 Å². The Morgan fingerprint density at radius 2 is 1.75 bits per heavy atom. The number of carbonyl (C=O) groups excluding carboxylic acids is 1. The first-order chi connectivity index (χ1) is 9.72. The molecule has 1 rings (SSSR count). The summed E-state index contributed by atoms with van der Waals surface area (Å²) in [6.45, 7) is 1.91. The van der Waals surface area contributed by atoms with Crippen molar-refractivity contribution in [2.75, 3.05) is 45.9 Å². The minimum atomic E-state index is -0.309. The van der Waals surface area contributed by atoms with E-state index in [1.54, 1.807) is 31.4 Å². The SMILES string of the molecule is COCCOCCOC(=O)CCOc1ccc(N)cc1. The summed E-state index contributed by atoms with van der Waals surface area (Å²) >= 11 is 0. The van der Waals surface area contributed by atoms with Gasteiger partial charge in [0.15, 0.2) is 0 Å². The summed E-state index contributed by atoms with van der Waals surface area (Å²) in [4.78, 5) is 11.4. The lowest BCUT2D eigenvalue weighted by molar-refractivity contribution is -0.145. The van der Waals surface area contributed by atoms with Crippen LogP contribution >= 0.6 is 0 Å². The molecule has 0 aromatic heterocycles. The van der Waals surface area contributed by atoms with Gasteiger partial charge >= 0.3 is 5.97 Å². The first kappa shape index (κ1) is 16.3. The highest BCUT2D eigenvalue weighted by atomic mass is 16.6. The Labute approximate surface area is 118 Å². The molecule has 0 unspecified atom stereocenters. The first-order valence-corrected chi connectivity index (χ1v) is 6.43. The van der Waals surface area contributed by atoms with E-state index >= 15 is 0 Å². The van der Waals surface area contributed by atoms with E-state index in [4.69, 9.17) is 24.7 Å². The molecule has 0 atom stereocenters.